The molecule has 3 aliphatic heterocycles. The number of hydrogen-bond acceptors (Lipinski definition) is 20. The number of phosphoric acid groups is 2. The van der Waals surface area contributed by atoms with Gasteiger partial charge in [0.2, 0.25) is 12.1 Å². The number of phosphoric ester groups is 2. The predicted molar refractivity (Wildman–Crippen MR) is 195 cm³/mol. The summed E-state index contributed by atoms with van der Waals surface area (Å²) in [5.74, 6) is -2.12. The molecule has 9 atom stereocenters. The van der Waals surface area contributed by atoms with Crippen LogP contribution < -0.4 is 17.2 Å². The van der Waals surface area contributed by atoms with Gasteiger partial charge in [-0.2, -0.15) is 4.98 Å². The summed E-state index contributed by atoms with van der Waals surface area (Å²) in [6.45, 7) is 2.32. The van der Waals surface area contributed by atoms with Crippen molar-refractivity contribution in [3.63, 3.8) is 0 Å². The van der Waals surface area contributed by atoms with E-state index in [9.17, 15) is 43.3 Å². The molecule has 6 rings (SSSR count). The number of allylic oxidation sites excluding steroid dienone is 1. The summed E-state index contributed by atoms with van der Waals surface area (Å²) >= 11 is 0. The Bertz CT molecular complexity index is 2210. The third kappa shape index (κ3) is 10.5. The number of amides is 1. The molecule has 28 heteroatoms. The number of nitrogen functional groups attached to an aromatic ring is 2. The molecule has 0 spiro atoms. The monoisotopic (exact) mass is 873 g/mol. The molecule has 3 fully saturated rings. The van der Waals surface area contributed by atoms with Crippen LogP contribution in [0.5, 0.6) is 0 Å². The number of ether oxygens (including phenoxy) is 5. The van der Waals surface area contributed by atoms with Crippen LogP contribution in [0.4, 0.5) is 11.6 Å². The van der Waals surface area contributed by atoms with Crippen LogP contribution >= 0.6 is 15.6 Å². The number of aliphatic hydroxyl groups is 1. The van der Waals surface area contributed by atoms with Crippen LogP contribution in [-0.4, -0.2) is 129 Å². The number of fused-ring (bicyclic) bond motifs is 1. The van der Waals surface area contributed by atoms with Gasteiger partial charge in [-0.05, 0) is 18.9 Å². The Kier molecular flexibility index (Phi) is 13.5. The summed E-state index contributed by atoms with van der Waals surface area (Å²) in [5, 5.41) is 11.5. The van der Waals surface area contributed by atoms with Gasteiger partial charge in [-0.3, -0.25) is 32.7 Å². The minimum Gasteiger partial charge on any atom is -0.464 e. The number of likely N-dealkylation sites (N-methyl/N-ethyl adjacent to an activating group) is 1. The maximum atomic E-state index is 13.8. The highest BCUT2D eigenvalue weighted by Crippen LogP contribution is 2.51. The number of nitrogens with two attached hydrogens (primary N) is 2. The Labute approximate surface area is 333 Å². The molecule has 0 bridgehead atoms. The fourth-order valence-corrected chi connectivity index (χ4v) is 7.42. The normalized spacial score (nSPS) is 27.4. The van der Waals surface area contributed by atoms with Crippen LogP contribution in [-0.2, 0) is 56.0 Å². The van der Waals surface area contributed by atoms with Crippen molar-refractivity contribution in [3.8, 4) is 0 Å². The number of carbonyl (C=O) groups is 2. The lowest BCUT2D eigenvalue weighted by Crippen LogP contribution is -2.41. The molecule has 0 radical (unpaired) electrons. The highest BCUT2D eigenvalue weighted by Gasteiger charge is 2.53. The zero-order chi connectivity index (χ0) is 42.6. The Balaban J connectivity index is 1.29. The third-order valence-corrected chi connectivity index (χ3v) is 10.4. The number of esters is 1. The highest BCUT2D eigenvalue weighted by molar-refractivity contribution is 7.47. The first kappa shape index (κ1) is 43.7. The van der Waals surface area contributed by atoms with E-state index in [0.29, 0.717) is 25.5 Å². The number of anilines is 2. The summed E-state index contributed by atoms with van der Waals surface area (Å²) < 4.78 is 71.8. The van der Waals surface area contributed by atoms with Crippen molar-refractivity contribution < 1.29 is 75.8 Å². The Morgan fingerprint density at radius 2 is 1.92 bits per heavy atom. The van der Waals surface area contributed by atoms with Gasteiger partial charge >= 0.3 is 27.3 Å². The van der Waals surface area contributed by atoms with Gasteiger partial charge in [0.25, 0.3) is 0 Å². The Morgan fingerprint density at radius 3 is 2.61 bits per heavy atom. The molecule has 6 heterocycles. The molecule has 3 aromatic rings. The fourth-order valence-electron chi connectivity index (χ4n) is 6.23. The molecule has 0 aromatic carbocycles. The smallest absolute Gasteiger partial charge is 0.464 e. The van der Waals surface area contributed by atoms with Gasteiger partial charge in [0.1, 0.15) is 55.1 Å². The quantitative estimate of drug-likeness (QED) is 0.0424. The zero-order valence-electron chi connectivity index (χ0n) is 31.0. The average Bonchev–Trinajstić information content (AvgIpc) is 3.97. The zero-order valence-corrected chi connectivity index (χ0v) is 32.8. The lowest BCUT2D eigenvalue weighted by molar-refractivity contribution is -0.181. The number of imidazole rings is 1. The van der Waals surface area contributed by atoms with Crippen molar-refractivity contribution in [2.24, 2.45) is 0 Å². The van der Waals surface area contributed by atoms with Crippen molar-refractivity contribution in [3.05, 3.63) is 60.1 Å². The van der Waals surface area contributed by atoms with E-state index in [2.05, 4.69) is 31.0 Å². The number of nitrogens with zero attached hydrogens (tertiary/aromatic N) is 7. The minimum atomic E-state index is -5.44. The van der Waals surface area contributed by atoms with Crippen LogP contribution in [0.15, 0.2) is 54.4 Å². The van der Waals surface area contributed by atoms with Gasteiger partial charge < -0.3 is 59.5 Å². The molecular weight excluding hydrogens is 832 g/mol. The van der Waals surface area contributed by atoms with Gasteiger partial charge in [0, 0.05) is 32.7 Å². The van der Waals surface area contributed by atoms with Crippen molar-refractivity contribution in [2.45, 2.75) is 74.9 Å². The molecule has 4 unspecified atom stereocenters. The highest BCUT2D eigenvalue weighted by atomic mass is 31.2. The maximum Gasteiger partial charge on any atom is 0.527 e. The van der Waals surface area contributed by atoms with E-state index in [0.717, 1.165) is 15.8 Å². The van der Waals surface area contributed by atoms with Gasteiger partial charge in [0.15, 0.2) is 42.0 Å². The first-order chi connectivity index (χ1) is 27.9. The van der Waals surface area contributed by atoms with Crippen molar-refractivity contribution in [1.29, 1.82) is 0 Å². The second-order valence-corrected chi connectivity index (χ2v) is 15.8. The minimum absolute atomic E-state index is 0.00669. The molecule has 3 aliphatic rings. The van der Waals surface area contributed by atoms with Gasteiger partial charge in [-0.25, -0.2) is 28.9 Å². The van der Waals surface area contributed by atoms with Crippen molar-refractivity contribution >= 4 is 50.3 Å². The first-order valence-electron chi connectivity index (χ1n) is 17.6. The Morgan fingerprint density at radius 1 is 1.14 bits per heavy atom. The summed E-state index contributed by atoms with van der Waals surface area (Å²) in [6, 6.07) is 1.25. The molecular formula is C31H41N9O17P2. The van der Waals surface area contributed by atoms with Crippen LogP contribution in [0.3, 0.4) is 0 Å². The third-order valence-electron chi connectivity index (χ3n) is 8.99. The molecule has 3 saturated heterocycles. The van der Waals surface area contributed by atoms with E-state index in [1.54, 1.807) is 0 Å². The largest absolute Gasteiger partial charge is 0.527 e. The van der Waals surface area contributed by atoms with Crippen LogP contribution in [0.2, 0.25) is 0 Å². The number of carbonyl (C=O) groups excluding carboxylic acids is 2. The summed E-state index contributed by atoms with van der Waals surface area (Å²) in [5.41, 5.74) is 10.8. The molecule has 322 valence electrons. The fraction of sp³-hybridized carbons (Fsp3) is 0.516. The van der Waals surface area contributed by atoms with Crippen molar-refractivity contribution in [2.75, 3.05) is 38.3 Å². The molecule has 1 amide bonds. The Hall–Kier alpha value is -4.85. The van der Waals surface area contributed by atoms with E-state index < -0.39 is 101 Å². The van der Waals surface area contributed by atoms with E-state index in [4.69, 9.17) is 44.2 Å². The van der Waals surface area contributed by atoms with Crippen molar-refractivity contribution in [1.82, 2.24) is 34.0 Å². The van der Waals surface area contributed by atoms with E-state index in [1.807, 2.05) is 0 Å². The molecule has 26 nitrogen and oxygen atoms in total. The van der Waals surface area contributed by atoms with Gasteiger partial charge in [0.05, 0.1) is 6.61 Å². The van der Waals surface area contributed by atoms with Crippen LogP contribution in [0.1, 0.15) is 38.1 Å². The van der Waals surface area contributed by atoms with Gasteiger partial charge in [-0.15, -0.1) is 6.58 Å². The number of hydrogen-bond donors (Lipinski definition) is 6. The average molecular weight is 874 g/mol. The van der Waals surface area contributed by atoms with E-state index in [1.165, 1.54) is 36.3 Å². The van der Waals surface area contributed by atoms with E-state index in [-0.39, 0.29) is 35.8 Å². The second-order valence-electron chi connectivity index (χ2n) is 13.2. The van der Waals surface area contributed by atoms with E-state index >= 15 is 0 Å². The predicted octanol–water partition coefficient (Wildman–Crippen LogP) is -0.654. The molecule has 8 N–H and O–H groups in total. The lowest BCUT2D eigenvalue weighted by Gasteiger charge is -2.28. The summed E-state index contributed by atoms with van der Waals surface area (Å²) in [4.78, 5) is 85.3. The van der Waals surface area contributed by atoms with Crippen LogP contribution in [0.25, 0.3) is 11.2 Å². The van der Waals surface area contributed by atoms with Gasteiger partial charge in [-0.1, -0.05) is 6.08 Å². The number of aromatic nitrogens is 6. The summed E-state index contributed by atoms with van der Waals surface area (Å²) in [7, 11) is -9.26. The maximum absolute atomic E-state index is 13.8. The lowest BCUT2D eigenvalue weighted by atomic mass is 10.1. The molecule has 3 aromatic heterocycles. The molecule has 0 saturated carbocycles. The van der Waals surface area contributed by atoms with Crippen LogP contribution in [0, 0.1) is 0 Å². The topological polar surface area (TPSA) is 357 Å². The SMILES string of the molecule is C=CCCC(=O)N(C)CC(=O)O[C@@H]1/C(=C\OP(=O)(O)O[C@@H]2[C@H](COP(=O)(O)O)OC(n3ccc(N)nc3=O)[C@@H]2OC2CCCO2)OC(n2cnc3c(N)ncnc32)[C@@H]1O. The standard InChI is InChI=1S/C31H41N9O17P2/c1-3-4-6-19(41)38(2)11-20(42)55-24-16(53-29(23(24)43)40-15-36-22-27(33)34-14-35-28(22)40)13-52-59(48,49)57-25-17(12-51-58(45,46)47)54-30(26(25)56-21-7-5-10-50-21)39-9-8-18(32)37-31(39)44/h3,8-9,13-15,17,21,23-26,29-30,43H,1,4-7,10-12H2,2H3,(H,48,49)(H2,32,37,44)(H2,33,34,35)(H2,45,46,47)/b16-13+/t17-,21?,23+,24+,25+,26+,29?,30?/m0/s1. The number of rotatable bonds is 17. The summed E-state index contributed by atoms with van der Waals surface area (Å²) in [6.07, 6.45) is -5.50. The number of aliphatic hydroxyl groups excluding tert-OH is 1. The molecule has 0 aliphatic carbocycles. The first-order valence-corrected chi connectivity index (χ1v) is 20.7. The second kappa shape index (κ2) is 18.2. The molecule has 59 heavy (non-hydrogen) atoms.